The number of aromatic nitrogens is 1. The van der Waals surface area contributed by atoms with Gasteiger partial charge in [-0.15, -0.1) is 0 Å². The lowest BCUT2D eigenvalue weighted by molar-refractivity contribution is -0.0418. The van der Waals surface area contributed by atoms with E-state index >= 15 is 0 Å². The highest BCUT2D eigenvalue weighted by atomic mass is 28.3. The SMILES string of the molecule is c1ccc(N(c2ccc(-c3ccc([Si](c4ccccc4)(c4ccccc4)c4ccccc4)cc3)cc2)c2cc3c4c(c2)c2ccccc2n4-c2ccccc2C32C3CC4CC(C3)CC2C4)cc1. The van der Waals surface area contributed by atoms with Gasteiger partial charge in [0.1, 0.15) is 0 Å². The molecule has 15 rings (SSSR count). The van der Waals surface area contributed by atoms with E-state index in [0.717, 1.165) is 11.8 Å². The first kappa shape index (κ1) is 39.0. The van der Waals surface area contributed by atoms with Crippen LogP contribution in [0.5, 0.6) is 0 Å². The minimum Gasteiger partial charge on any atom is -0.310 e. The fourth-order valence-electron chi connectivity index (χ4n) is 14.6. The Hall–Kier alpha value is -7.20. The maximum absolute atomic E-state index is 2.65. The average molecular weight is 877 g/mol. The largest absolute Gasteiger partial charge is 0.310 e. The Balaban J connectivity index is 0.915. The van der Waals surface area contributed by atoms with E-state index in [1.54, 1.807) is 11.1 Å². The minimum atomic E-state index is -2.61. The van der Waals surface area contributed by atoms with Gasteiger partial charge in [0.15, 0.2) is 8.07 Å². The molecule has 1 aliphatic heterocycles. The summed E-state index contributed by atoms with van der Waals surface area (Å²) in [7, 11) is -2.61. The van der Waals surface area contributed by atoms with Crippen LogP contribution in [0.3, 0.4) is 0 Å². The van der Waals surface area contributed by atoms with Crippen molar-refractivity contribution in [3.8, 4) is 16.8 Å². The number of benzene rings is 9. The fourth-order valence-corrected chi connectivity index (χ4v) is 19.3. The summed E-state index contributed by atoms with van der Waals surface area (Å²) >= 11 is 0. The zero-order chi connectivity index (χ0) is 44.1. The molecule has 322 valence electrons. The molecule has 67 heavy (non-hydrogen) atoms. The summed E-state index contributed by atoms with van der Waals surface area (Å²) in [6.45, 7) is 0. The molecule has 0 unspecified atom stereocenters. The fraction of sp³-hybridized carbons (Fsp3) is 0.156. The summed E-state index contributed by atoms with van der Waals surface area (Å²) in [5.41, 5.74) is 13.3. The van der Waals surface area contributed by atoms with Crippen LogP contribution in [0.15, 0.2) is 231 Å². The highest BCUT2D eigenvalue weighted by Crippen LogP contribution is 2.68. The second-order valence-corrected chi connectivity index (χ2v) is 23.9. The van der Waals surface area contributed by atoms with Gasteiger partial charge < -0.3 is 9.47 Å². The molecule has 1 spiro atoms. The first-order chi connectivity index (χ1) is 33.2. The van der Waals surface area contributed by atoms with Crippen molar-refractivity contribution in [3.05, 3.63) is 242 Å². The third kappa shape index (κ3) is 5.68. The maximum Gasteiger partial charge on any atom is 0.179 e. The number of hydrogen-bond donors (Lipinski definition) is 0. The Morgan fingerprint density at radius 3 is 1.46 bits per heavy atom. The summed E-state index contributed by atoms with van der Waals surface area (Å²) in [5.74, 6) is 3.07. The second-order valence-electron chi connectivity index (χ2n) is 20.1. The van der Waals surface area contributed by atoms with Crippen LogP contribution in [0.2, 0.25) is 0 Å². The van der Waals surface area contributed by atoms with Crippen molar-refractivity contribution >= 4 is 67.7 Å². The van der Waals surface area contributed by atoms with Gasteiger partial charge in [-0.05, 0) is 147 Å². The van der Waals surface area contributed by atoms with Gasteiger partial charge in [-0.3, -0.25) is 0 Å². The highest BCUT2D eigenvalue weighted by molar-refractivity contribution is 7.19. The third-order valence-electron chi connectivity index (χ3n) is 16.9. The monoisotopic (exact) mass is 876 g/mol. The van der Waals surface area contributed by atoms with Crippen LogP contribution in [0.4, 0.5) is 17.1 Å². The van der Waals surface area contributed by atoms with Gasteiger partial charge >= 0.3 is 0 Å². The van der Waals surface area contributed by atoms with Crippen LogP contribution < -0.4 is 25.6 Å². The van der Waals surface area contributed by atoms with Crippen molar-refractivity contribution in [1.29, 1.82) is 0 Å². The van der Waals surface area contributed by atoms with Gasteiger partial charge in [0.05, 0.1) is 16.7 Å². The van der Waals surface area contributed by atoms with Crippen molar-refractivity contribution in [1.82, 2.24) is 4.57 Å². The Kier molecular flexibility index (Phi) is 8.83. The zero-order valence-corrected chi connectivity index (χ0v) is 38.7. The Morgan fingerprint density at radius 1 is 0.388 bits per heavy atom. The van der Waals surface area contributed by atoms with Crippen LogP contribution in [0, 0.1) is 23.7 Å². The number of hydrogen-bond acceptors (Lipinski definition) is 1. The lowest BCUT2D eigenvalue weighted by Crippen LogP contribution is -2.74. The van der Waals surface area contributed by atoms with Crippen molar-refractivity contribution < 1.29 is 0 Å². The molecule has 3 heteroatoms. The maximum atomic E-state index is 2.65. The normalized spacial score (nSPS) is 21.2. The standard InChI is InChI=1S/C64H52N2Si/c1-5-17-50(18-6-1)65(51-33-29-46(30-34-51)47-31-35-56(36-32-47)67(53-19-7-2-8-20-53,54-21-9-3-10-22-54)55-23-11-4-12-24-55)52-42-58-57-25-13-15-27-61(57)66-62-28-16-14-26-59(62)64(60(43-52)63(58)66)48-38-44-37-45(40-48)41-49(64)39-44/h1-36,42-45,48-49H,37-41H2. The van der Waals surface area contributed by atoms with Gasteiger partial charge in [0.2, 0.25) is 0 Å². The van der Waals surface area contributed by atoms with Crippen LogP contribution in [0.25, 0.3) is 38.6 Å². The van der Waals surface area contributed by atoms with Crippen molar-refractivity contribution in [2.75, 3.05) is 4.90 Å². The zero-order valence-electron chi connectivity index (χ0n) is 37.7. The molecule has 0 amide bonds. The molecule has 10 aromatic rings. The van der Waals surface area contributed by atoms with Crippen molar-refractivity contribution in [2.24, 2.45) is 23.7 Å². The second kappa shape index (κ2) is 15.2. The molecule has 0 saturated heterocycles. The molecule has 1 aromatic heterocycles. The van der Waals surface area contributed by atoms with E-state index in [2.05, 4.69) is 240 Å². The smallest absolute Gasteiger partial charge is 0.179 e. The third-order valence-corrected chi connectivity index (χ3v) is 21.7. The molecule has 2 heterocycles. The van der Waals surface area contributed by atoms with Crippen molar-refractivity contribution in [2.45, 2.75) is 37.5 Å². The van der Waals surface area contributed by atoms with Gasteiger partial charge in [0, 0.05) is 33.2 Å². The molecule has 4 saturated carbocycles. The van der Waals surface area contributed by atoms with Gasteiger partial charge in [0.25, 0.3) is 0 Å². The summed E-state index contributed by atoms with van der Waals surface area (Å²) in [6, 6.07) is 87.4. The quantitative estimate of drug-likeness (QED) is 0.109. The summed E-state index contributed by atoms with van der Waals surface area (Å²) in [4.78, 5) is 2.53. The molecule has 5 aliphatic rings. The van der Waals surface area contributed by atoms with E-state index in [4.69, 9.17) is 0 Å². The van der Waals surface area contributed by atoms with Crippen LogP contribution in [0.1, 0.15) is 43.2 Å². The topological polar surface area (TPSA) is 8.17 Å². The molecular weight excluding hydrogens is 825 g/mol. The Labute approximate surface area is 394 Å². The Bertz CT molecular complexity index is 3330. The molecule has 4 bridgehead atoms. The molecule has 0 atom stereocenters. The summed E-state index contributed by atoms with van der Waals surface area (Å²) < 4.78 is 2.63. The number of nitrogens with zero attached hydrogens (tertiary/aromatic N) is 2. The van der Waals surface area contributed by atoms with E-state index in [1.807, 2.05) is 0 Å². The lowest BCUT2D eigenvalue weighted by Gasteiger charge is -2.63. The van der Waals surface area contributed by atoms with Crippen LogP contribution >= 0.6 is 0 Å². The van der Waals surface area contributed by atoms with Gasteiger partial charge in [-0.1, -0.05) is 182 Å². The lowest BCUT2D eigenvalue weighted by atomic mass is 9.41. The van der Waals surface area contributed by atoms with E-state index in [9.17, 15) is 0 Å². The van der Waals surface area contributed by atoms with Gasteiger partial charge in [-0.25, -0.2) is 0 Å². The molecule has 2 nitrogen and oxygen atoms in total. The van der Waals surface area contributed by atoms with Crippen LogP contribution in [-0.4, -0.2) is 12.6 Å². The van der Waals surface area contributed by atoms with E-state index in [0.29, 0.717) is 11.8 Å². The number of rotatable bonds is 8. The minimum absolute atomic E-state index is 0.00298. The van der Waals surface area contributed by atoms with E-state index in [1.165, 1.54) is 109 Å². The van der Waals surface area contributed by atoms with E-state index < -0.39 is 8.07 Å². The molecule has 4 aliphatic carbocycles. The van der Waals surface area contributed by atoms with Gasteiger partial charge in [-0.2, -0.15) is 0 Å². The predicted octanol–water partition coefficient (Wildman–Crippen LogP) is 13.4. The number of anilines is 3. The first-order valence-electron chi connectivity index (χ1n) is 24.6. The molecule has 0 N–H and O–H groups in total. The number of fused-ring (bicyclic) bond motifs is 5. The Morgan fingerprint density at radius 2 is 0.866 bits per heavy atom. The molecular formula is C64H52N2Si. The molecule has 0 radical (unpaired) electrons. The van der Waals surface area contributed by atoms with Crippen molar-refractivity contribution in [3.63, 3.8) is 0 Å². The molecule has 4 fully saturated rings. The van der Waals surface area contributed by atoms with Crippen LogP contribution in [-0.2, 0) is 5.41 Å². The highest BCUT2D eigenvalue weighted by Gasteiger charge is 2.61. The summed E-state index contributed by atoms with van der Waals surface area (Å²) in [6.07, 6.45) is 6.86. The van der Waals surface area contributed by atoms with E-state index in [-0.39, 0.29) is 5.41 Å². The summed E-state index contributed by atoms with van der Waals surface area (Å²) in [5, 5.41) is 8.25. The average Bonchev–Trinajstić information content (AvgIpc) is 3.73. The molecule has 9 aromatic carbocycles. The first-order valence-corrected chi connectivity index (χ1v) is 26.6. The number of para-hydroxylation sites is 3. The predicted molar refractivity (Wildman–Crippen MR) is 282 cm³/mol.